The van der Waals surface area contributed by atoms with Gasteiger partial charge in [-0.1, -0.05) is 0 Å². The molecule has 0 N–H and O–H groups in total. The molecular formula is C26H34N2O4. The molecule has 2 aliphatic heterocycles. The van der Waals surface area contributed by atoms with E-state index in [2.05, 4.69) is 18.8 Å². The number of likely N-dealkylation sites (tertiary alicyclic amines) is 1. The molecule has 6 nitrogen and oxygen atoms in total. The lowest BCUT2D eigenvalue weighted by Crippen LogP contribution is -2.52. The van der Waals surface area contributed by atoms with Crippen molar-refractivity contribution in [2.75, 3.05) is 13.1 Å². The molecule has 1 spiro atoms. The summed E-state index contributed by atoms with van der Waals surface area (Å²) in [5.41, 5.74) is 2.35. The number of aryl methyl sites for hydroxylation is 1. The van der Waals surface area contributed by atoms with Gasteiger partial charge in [-0.25, -0.2) is 4.98 Å². The predicted molar refractivity (Wildman–Crippen MR) is 123 cm³/mol. The summed E-state index contributed by atoms with van der Waals surface area (Å²) in [5.74, 6) is 1.55. The molecule has 0 aliphatic carbocycles. The van der Waals surface area contributed by atoms with Crippen molar-refractivity contribution < 1.29 is 19.0 Å². The number of carbonyl (C=O) groups excluding carboxylic acids is 1. The molecular weight excluding hydrogens is 404 g/mol. The monoisotopic (exact) mass is 438 g/mol. The third kappa shape index (κ3) is 4.75. The zero-order valence-corrected chi connectivity index (χ0v) is 19.8. The highest BCUT2D eigenvalue weighted by Gasteiger charge is 2.45. The molecule has 1 fully saturated rings. The predicted octanol–water partition coefficient (Wildman–Crippen LogP) is 5.10. The zero-order valence-electron chi connectivity index (χ0n) is 19.8. The van der Waals surface area contributed by atoms with E-state index < -0.39 is 0 Å². The van der Waals surface area contributed by atoms with Crippen LogP contribution in [0, 0.1) is 6.92 Å². The molecule has 32 heavy (non-hydrogen) atoms. The lowest BCUT2D eigenvalue weighted by atomic mass is 9.82. The molecule has 0 bridgehead atoms. The van der Waals surface area contributed by atoms with E-state index in [1.807, 2.05) is 56.0 Å². The van der Waals surface area contributed by atoms with Gasteiger partial charge in [0.05, 0.1) is 18.3 Å². The van der Waals surface area contributed by atoms with Crippen LogP contribution in [0.3, 0.4) is 0 Å². The van der Waals surface area contributed by atoms with Crippen LogP contribution in [0.2, 0.25) is 0 Å². The van der Waals surface area contributed by atoms with Crippen LogP contribution in [0.25, 0.3) is 0 Å². The number of nitrogens with zero attached hydrogens (tertiary/aromatic N) is 2. The van der Waals surface area contributed by atoms with E-state index >= 15 is 0 Å². The largest absolute Gasteiger partial charge is 0.491 e. The minimum absolute atomic E-state index is 0.0362. The van der Waals surface area contributed by atoms with Gasteiger partial charge in [-0.05, 0) is 70.5 Å². The van der Waals surface area contributed by atoms with Crippen molar-refractivity contribution in [3.63, 3.8) is 0 Å². The number of hydrogen-bond acceptors (Lipinski definition) is 5. The Labute approximate surface area is 190 Å². The van der Waals surface area contributed by atoms with Crippen LogP contribution in [-0.4, -0.2) is 46.7 Å². The van der Waals surface area contributed by atoms with E-state index in [0.717, 1.165) is 36.1 Å². The summed E-state index contributed by atoms with van der Waals surface area (Å²) in [4.78, 5) is 19.6. The van der Waals surface area contributed by atoms with Gasteiger partial charge in [0.2, 0.25) is 5.88 Å². The highest BCUT2D eigenvalue weighted by Crippen LogP contribution is 2.45. The number of carbonyl (C=O) groups is 1. The van der Waals surface area contributed by atoms with Crippen LogP contribution < -0.4 is 9.47 Å². The first-order chi connectivity index (χ1) is 15.3. The topological polar surface area (TPSA) is 60.9 Å². The fourth-order valence-corrected chi connectivity index (χ4v) is 4.65. The second-order valence-corrected chi connectivity index (χ2v) is 9.50. The number of piperidine rings is 1. The van der Waals surface area contributed by atoms with Crippen LogP contribution in [0.5, 0.6) is 11.6 Å². The third-order valence-electron chi connectivity index (χ3n) is 6.20. The van der Waals surface area contributed by atoms with Gasteiger partial charge in [0, 0.05) is 49.7 Å². The third-order valence-corrected chi connectivity index (χ3v) is 6.20. The average molecular weight is 439 g/mol. The fraction of sp³-hybridized carbons (Fsp3) is 0.538. The lowest BCUT2D eigenvalue weighted by Gasteiger charge is -2.46. The summed E-state index contributed by atoms with van der Waals surface area (Å²) >= 11 is 0. The number of benzene rings is 1. The minimum atomic E-state index is -0.345. The Morgan fingerprint density at radius 2 is 1.91 bits per heavy atom. The van der Waals surface area contributed by atoms with Crippen molar-refractivity contribution in [2.45, 2.75) is 77.8 Å². The maximum absolute atomic E-state index is 13.2. The maximum Gasteiger partial charge on any atom is 0.253 e. The van der Waals surface area contributed by atoms with E-state index in [1.165, 1.54) is 0 Å². The van der Waals surface area contributed by atoms with Crippen LogP contribution >= 0.6 is 0 Å². The van der Waals surface area contributed by atoms with Crippen molar-refractivity contribution in [3.8, 4) is 11.6 Å². The van der Waals surface area contributed by atoms with Crippen LogP contribution in [-0.2, 0) is 4.74 Å². The molecule has 1 aromatic heterocycles. The maximum atomic E-state index is 13.2. The number of ether oxygens (including phenoxy) is 3. The van der Waals surface area contributed by atoms with Gasteiger partial charge >= 0.3 is 0 Å². The Hall–Kier alpha value is -2.60. The Balaban J connectivity index is 1.45. The first-order valence-electron chi connectivity index (χ1n) is 11.6. The molecule has 4 rings (SSSR count). The standard InChI is InChI=1S/C26H34N2O4/c1-17(2)30-22-9-8-20(15-19(22)5)25(29)28-13-10-26(11-14-28)16-23(31-18(3)4)21-7-6-12-27-24(21)32-26/h6-9,12,15,17-18,23H,10-11,13-14,16H2,1-5H3. The second-order valence-electron chi connectivity index (χ2n) is 9.50. The lowest BCUT2D eigenvalue weighted by molar-refractivity contribution is -0.0895. The van der Waals surface area contributed by atoms with E-state index in [0.29, 0.717) is 24.5 Å². The molecule has 1 saturated heterocycles. The summed E-state index contributed by atoms with van der Waals surface area (Å²) in [6.07, 6.45) is 4.26. The first kappa shape index (κ1) is 22.6. The summed E-state index contributed by atoms with van der Waals surface area (Å²) in [6, 6.07) is 9.65. The normalized spacial score (nSPS) is 19.7. The van der Waals surface area contributed by atoms with Crippen molar-refractivity contribution in [3.05, 3.63) is 53.2 Å². The number of amides is 1. The molecule has 2 aliphatic rings. The number of hydrogen-bond donors (Lipinski definition) is 0. The molecule has 1 aromatic carbocycles. The highest BCUT2D eigenvalue weighted by atomic mass is 16.5. The smallest absolute Gasteiger partial charge is 0.253 e. The number of aromatic nitrogens is 1. The van der Waals surface area contributed by atoms with Gasteiger partial charge < -0.3 is 19.1 Å². The van der Waals surface area contributed by atoms with Gasteiger partial charge in [-0.2, -0.15) is 0 Å². The quantitative estimate of drug-likeness (QED) is 0.650. The molecule has 1 amide bonds. The van der Waals surface area contributed by atoms with Gasteiger partial charge in [0.25, 0.3) is 5.91 Å². The summed E-state index contributed by atoms with van der Waals surface area (Å²) < 4.78 is 18.5. The highest BCUT2D eigenvalue weighted by molar-refractivity contribution is 5.94. The van der Waals surface area contributed by atoms with Crippen LogP contribution in [0.15, 0.2) is 36.5 Å². The molecule has 0 radical (unpaired) electrons. The molecule has 0 saturated carbocycles. The zero-order chi connectivity index (χ0) is 22.9. The van der Waals surface area contributed by atoms with Crippen molar-refractivity contribution in [1.29, 1.82) is 0 Å². The Bertz CT molecular complexity index is 964. The van der Waals surface area contributed by atoms with Gasteiger partial charge in [0.1, 0.15) is 11.4 Å². The van der Waals surface area contributed by atoms with Crippen LogP contribution in [0.1, 0.15) is 74.5 Å². The van der Waals surface area contributed by atoms with Crippen molar-refractivity contribution in [2.24, 2.45) is 0 Å². The van der Waals surface area contributed by atoms with Crippen LogP contribution in [0.4, 0.5) is 0 Å². The average Bonchev–Trinajstić information content (AvgIpc) is 2.74. The SMILES string of the molecule is Cc1cc(C(=O)N2CCC3(CC2)CC(OC(C)C)c2cccnc2O3)ccc1OC(C)C. The Morgan fingerprint density at radius 3 is 2.56 bits per heavy atom. The minimum Gasteiger partial charge on any atom is -0.491 e. The van der Waals surface area contributed by atoms with E-state index in [-0.39, 0.29) is 29.8 Å². The molecule has 6 heteroatoms. The summed E-state index contributed by atoms with van der Waals surface area (Å²) in [5, 5.41) is 0. The molecule has 2 aromatic rings. The molecule has 172 valence electrons. The fourth-order valence-electron chi connectivity index (χ4n) is 4.65. The number of pyridine rings is 1. The van der Waals surface area contributed by atoms with Crippen molar-refractivity contribution in [1.82, 2.24) is 9.88 Å². The van der Waals surface area contributed by atoms with E-state index in [1.54, 1.807) is 6.20 Å². The Morgan fingerprint density at radius 1 is 1.16 bits per heavy atom. The van der Waals surface area contributed by atoms with Crippen molar-refractivity contribution >= 4 is 5.91 Å². The molecule has 1 unspecified atom stereocenters. The van der Waals surface area contributed by atoms with E-state index in [9.17, 15) is 4.79 Å². The molecule has 1 atom stereocenters. The van der Waals surface area contributed by atoms with Gasteiger partial charge in [-0.15, -0.1) is 0 Å². The summed E-state index contributed by atoms with van der Waals surface area (Å²) in [6.45, 7) is 11.4. The second kappa shape index (κ2) is 9.10. The van der Waals surface area contributed by atoms with E-state index in [4.69, 9.17) is 14.2 Å². The molecule has 3 heterocycles. The first-order valence-corrected chi connectivity index (χ1v) is 11.6. The Kier molecular flexibility index (Phi) is 6.42. The summed E-state index contributed by atoms with van der Waals surface area (Å²) in [7, 11) is 0. The van der Waals surface area contributed by atoms with Gasteiger partial charge in [-0.3, -0.25) is 4.79 Å². The number of fused-ring (bicyclic) bond motifs is 1. The number of rotatable bonds is 5. The van der Waals surface area contributed by atoms with Gasteiger partial charge in [0.15, 0.2) is 0 Å².